The van der Waals surface area contributed by atoms with Crippen LogP contribution in [0.4, 0.5) is 0 Å². The van der Waals surface area contributed by atoms with Crippen LogP contribution < -0.4 is 0 Å². The third-order valence-electron chi connectivity index (χ3n) is 3.96. The van der Waals surface area contributed by atoms with E-state index in [4.69, 9.17) is 4.42 Å². The van der Waals surface area contributed by atoms with Gasteiger partial charge in [-0.2, -0.15) is 0 Å². The van der Waals surface area contributed by atoms with Gasteiger partial charge in [-0.1, -0.05) is 64.1 Å². The minimum absolute atomic E-state index is 0.627. The van der Waals surface area contributed by atoms with Crippen LogP contribution in [0.1, 0.15) is 5.56 Å². The van der Waals surface area contributed by atoms with Crippen molar-refractivity contribution in [2.24, 2.45) is 0 Å². The van der Waals surface area contributed by atoms with E-state index in [2.05, 4.69) is 44.8 Å². The van der Waals surface area contributed by atoms with Gasteiger partial charge in [0.25, 0.3) is 0 Å². The van der Waals surface area contributed by atoms with Gasteiger partial charge in [-0.25, -0.2) is 0 Å². The molecule has 2 aromatic carbocycles. The molecule has 2 heterocycles. The first-order valence-electron chi connectivity index (χ1n) is 8.15. The Labute approximate surface area is 164 Å². The molecule has 0 aliphatic carbocycles. The molecule has 26 heavy (non-hydrogen) atoms. The molecule has 0 saturated heterocycles. The summed E-state index contributed by atoms with van der Waals surface area (Å²) in [5.41, 5.74) is 2.08. The summed E-state index contributed by atoms with van der Waals surface area (Å²) in [5, 5.41) is 10.6. The summed E-state index contributed by atoms with van der Waals surface area (Å²) in [6.45, 7) is 4.49. The van der Waals surface area contributed by atoms with Crippen LogP contribution in [-0.4, -0.2) is 14.8 Å². The molecule has 0 saturated carbocycles. The standard InChI is InChI=1S/C20H16BrN3OS/c1-2-11-24-19(18-12-15-5-3-4-6-17(15)25-18)22-23-20(24)26-13-14-7-9-16(21)10-8-14/h2-10,12H,1,11,13H2. The number of allylic oxidation sites excluding steroid dienone is 1. The van der Waals surface area contributed by atoms with Gasteiger partial charge >= 0.3 is 0 Å². The molecule has 0 amide bonds. The number of rotatable bonds is 6. The first-order valence-corrected chi connectivity index (χ1v) is 9.93. The van der Waals surface area contributed by atoms with Gasteiger partial charge in [-0.15, -0.1) is 16.8 Å². The second-order valence-corrected chi connectivity index (χ2v) is 7.63. The van der Waals surface area contributed by atoms with E-state index in [1.165, 1.54) is 5.56 Å². The molecule has 0 aliphatic heterocycles. The number of fused-ring (bicyclic) bond motifs is 1. The molecule has 0 N–H and O–H groups in total. The molecule has 0 aliphatic rings. The van der Waals surface area contributed by atoms with Gasteiger partial charge in [0.2, 0.25) is 5.82 Å². The van der Waals surface area contributed by atoms with Crippen LogP contribution in [0, 0.1) is 0 Å². The summed E-state index contributed by atoms with van der Waals surface area (Å²) in [5.74, 6) is 2.26. The molecule has 4 rings (SSSR count). The Morgan fingerprint density at radius 2 is 1.92 bits per heavy atom. The average molecular weight is 426 g/mol. The molecular weight excluding hydrogens is 410 g/mol. The summed E-state index contributed by atoms with van der Waals surface area (Å²) in [6, 6.07) is 18.2. The maximum Gasteiger partial charge on any atom is 0.200 e. The Kier molecular flexibility index (Phi) is 4.95. The molecule has 0 spiro atoms. The Morgan fingerprint density at radius 1 is 1.12 bits per heavy atom. The molecule has 130 valence electrons. The van der Waals surface area contributed by atoms with Crippen molar-refractivity contribution in [1.82, 2.24) is 14.8 Å². The number of halogens is 1. The lowest BCUT2D eigenvalue weighted by atomic mass is 10.2. The van der Waals surface area contributed by atoms with Crippen LogP contribution in [0.25, 0.3) is 22.6 Å². The topological polar surface area (TPSA) is 43.9 Å². The van der Waals surface area contributed by atoms with Crippen molar-refractivity contribution >= 4 is 38.7 Å². The highest BCUT2D eigenvalue weighted by molar-refractivity contribution is 9.10. The first-order chi connectivity index (χ1) is 12.7. The van der Waals surface area contributed by atoms with Crippen LogP contribution in [0.15, 0.2) is 81.3 Å². The third-order valence-corrected chi connectivity index (χ3v) is 5.52. The molecule has 0 atom stereocenters. The normalized spacial score (nSPS) is 11.1. The molecule has 0 radical (unpaired) electrons. The SMILES string of the molecule is C=CCn1c(SCc2ccc(Br)cc2)nnc1-c1cc2ccccc2o1. The molecule has 0 fully saturated rings. The molecule has 2 aromatic heterocycles. The average Bonchev–Trinajstić information content (AvgIpc) is 3.25. The summed E-state index contributed by atoms with van der Waals surface area (Å²) >= 11 is 5.12. The van der Waals surface area contributed by atoms with Crippen LogP contribution in [0.5, 0.6) is 0 Å². The maximum atomic E-state index is 5.96. The van der Waals surface area contributed by atoms with Crippen molar-refractivity contribution < 1.29 is 4.42 Å². The minimum Gasteiger partial charge on any atom is -0.453 e. The van der Waals surface area contributed by atoms with Gasteiger partial charge in [-0.3, -0.25) is 4.57 Å². The van der Waals surface area contributed by atoms with Gasteiger partial charge in [0.1, 0.15) is 5.58 Å². The molecule has 4 aromatic rings. The number of hydrogen-bond acceptors (Lipinski definition) is 4. The van der Waals surface area contributed by atoms with Crippen LogP contribution in [0.3, 0.4) is 0 Å². The van der Waals surface area contributed by atoms with E-state index < -0.39 is 0 Å². The highest BCUT2D eigenvalue weighted by Crippen LogP contribution is 2.30. The van der Waals surface area contributed by atoms with E-state index in [9.17, 15) is 0 Å². The number of hydrogen-bond donors (Lipinski definition) is 0. The van der Waals surface area contributed by atoms with Gasteiger partial charge in [-0.05, 0) is 29.8 Å². The molecule has 4 nitrogen and oxygen atoms in total. The fourth-order valence-corrected chi connectivity index (χ4v) is 3.86. The second-order valence-electron chi connectivity index (χ2n) is 5.77. The van der Waals surface area contributed by atoms with E-state index in [-0.39, 0.29) is 0 Å². The Balaban J connectivity index is 1.63. The van der Waals surface area contributed by atoms with E-state index in [0.717, 1.165) is 37.9 Å². The van der Waals surface area contributed by atoms with Gasteiger partial charge < -0.3 is 4.42 Å². The number of thioether (sulfide) groups is 1. The Bertz CT molecular complexity index is 1020. The van der Waals surface area contributed by atoms with E-state index >= 15 is 0 Å². The van der Waals surface area contributed by atoms with Crippen molar-refractivity contribution in [3.8, 4) is 11.6 Å². The predicted octanol–water partition coefficient (Wildman–Crippen LogP) is 5.93. The van der Waals surface area contributed by atoms with Crippen molar-refractivity contribution in [2.45, 2.75) is 17.5 Å². The van der Waals surface area contributed by atoms with Crippen molar-refractivity contribution in [3.05, 3.63) is 77.3 Å². The number of nitrogens with zero attached hydrogens (tertiary/aromatic N) is 3. The number of furan rings is 1. The fourth-order valence-electron chi connectivity index (χ4n) is 2.69. The molecular formula is C20H16BrN3OS. The van der Waals surface area contributed by atoms with E-state index in [0.29, 0.717) is 6.54 Å². The van der Waals surface area contributed by atoms with Crippen molar-refractivity contribution in [2.75, 3.05) is 0 Å². The fraction of sp³-hybridized carbons (Fsp3) is 0.100. The Hall–Kier alpha value is -2.31. The zero-order chi connectivity index (χ0) is 17.9. The van der Waals surface area contributed by atoms with Gasteiger partial charge in [0.15, 0.2) is 10.9 Å². The van der Waals surface area contributed by atoms with Crippen molar-refractivity contribution in [3.63, 3.8) is 0 Å². The van der Waals surface area contributed by atoms with Crippen molar-refractivity contribution in [1.29, 1.82) is 0 Å². The maximum absolute atomic E-state index is 5.96. The molecule has 0 bridgehead atoms. The third kappa shape index (κ3) is 3.48. The van der Waals surface area contributed by atoms with E-state index in [1.807, 2.05) is 53.1 Å². The van der Waals surface area contributed by atoms with E-state index in [1.54, 1.807) is 11.8 Å². The lowest BCUT2D eigenvalue weighted by molar-refractivity contribution is 0.613. The summed E-state index contributed by atoms with van der Waals surface area (Å²) in [6.07, 6.45) is 1.85. The second kappa shape index (κ2) is 7.51. The quantitative estimate of drug-likeness (QED) is 0.283. The van der Waals surface area contributed by atoms with Gasteiger partial charge in [0.05, 0.1) is 0 Å². The number of aromatic nitrogens is 3. The smallest absolute Gasteiger partial charge is 0.200 e. The summed E-state index contributed by atoms with van der Waals surface area (Å²) < 4.78 is 9.07. The number of benzene rings is 2. The largest absolute Gasteiger partial charge is 0.453 e. The summed E-state index contributed by atoms with van der Waals surface area (Å²) in [7, 11) is 0. The molecule has 0 unspecified atom stereocenters. The monoisotopic (exact) mass is 425 g/mol. The summed E-state index contributed by atoms with van der Waals surface area (Å²) in [4.78, 5) is 0. The predicted molar refractivity (Wildman–Crippen MR) is 109 cm³/mol. The van der Waals surface area contributed by atoms with Crippen LogP contribution in [0.2, 0.25) is 0 Å². The van der Waals surface area contributed by atoms with Crippen LogP contribution >= 0.6 is 27.7 Å². The zero-order valence-electron chi connectivity index (χ0n) is 13.9. The van der Waals surface area contributed by atoms with Gasteiger partial charge in [0, 0.05) is 22.2 Å². The Morgan fingerprint density at radius 3 is 2.69 bits per heavy atom. The number of para-hydroxylation sites is 1. The minimum atomic E-state index is 0.627. The van der Waals surface area contributed by atoms with Crippen LogP contribution in [-0.2, 0) is 12.3 Å². The lowest BCUT2D eigenvalue weighted by Crippen LogP contribution is -2.00. The highest BCUT2D eigenvalue weighted by Gasteiger charge is 2.17. The molecule has 6 heteroatoms. The first kappa shape index (κ1) is 17.1. The zero-order valence-corrected chi connectivity index (χ0v) is 16.3. The lowest BCUT2D eigenvalue weighted by Gasteiger charge is -2.06. The highest BCUT2D eigenvalue weighted by atomic mass is 79.9.